The minimum atomic E-state index is -3.88. The Hall–Kier alpha value is -2.60. The molecular weight excluding hydrogens is 469 g/mol. The third-order valence-corrected chi connectivity index (χ3v) is 7.52. The SMILES string of the molecule is CCc1ccc(/C=C/S(=O)(=O)NC2CCN(c3ccc(C(=O)N(C)CCO)cc3F)C2=O)s1. The predicted molar refractivity (Wildman–Crippen MR) is 126 cm³/mol. The van der Waals surface area contributed by atoms with Gasteiger partial charge >= 0.3 is 0 Å². The van der Waals surface area contributed by atoms with E-state index in [2.05, 4.69) is 4.72 Å². The molecule has 1 saturated heterocycles. The number of aryl methyl sites for hydroxylation is 1. The molecule has 1 atom stereocenters. The minimum absolute atomic E-state index is 0.0238. The topological polar surface area (TPSA) is 107 Å². The van der Waals surface area contributed by atoms with Crippen molar-refractivity contribution < 1.29 is 27.5 Å². The Morgan fingerprint density at radius 2 is 2.12 bits per heavy atom. The number of hydrogen-bond acceptors (Lipinski definition) is 6. The summed E-state index contributed by atoms with van der Waals surface area (Å²) in [6, 6.07) is 6.51. The Kier molecular flexibility index (Phi) is 8.01. The van der Waals surface area contributed by atoms with Gasteiger partial charge in [-0.15, -0.1) is 11.3 Å². The van der Waals surface area contributed by atoms with E-state index in [-0.39, 0.29) is 37.4 Å². The van der Waals surface area contributed by atoms with Crippen molar-refractivity contribution in [1.82, 2.24) is 9.62 Å². The van der Waals surface area contributed by atoms with Gasteiger partial charge < -0.3 is 14.9 Å². The summed E-state index contributed by atoms with van der Waals surface area (Å²) >= 11 is 1.49. The summed E-state index contributed by atoms with van der Waals surface area (Å²) in [5, 5.41) is 9.97. The quantitative estimate of drug-likeness (QED) is 0.555. The summed E-state index contributed by atoms with van der Waals surface area (Å²) in [6.45, 7) is 2.04. The number of nitrogens with one attached hydrogen (secondary N) is 1. The van der Waals surface area contributed by atoms with Crippen molar-refractivity contribution in [2.75, 3.05) is 31.6 Å². The molecule has 0 saturated carbocycles. The van der Waals surface area contributed by atoms with Gasteiger partial charge in [0.2, 0.25) is 15.9 Å². The van der Waals surface area contributed by atoms with Crippen LogP contribution in [0.25, 0.3) is 6.08 Å². The Morgan fingerprint density at radius 1 is 1.36 bits per heavy atom. The van der Waals surface area contributed by atoms with Crippen LogP contribution < -0.4 is 9.62 Å². The summed E-state index contributed by atoms with van der Waals surface area (Å²) in [4.78, 5) is 29.4. The van der Waals surface area contributed by atoms with E-state index in [1.165, 1.54) is 46.4 Å². The Bertz CT molecular complexity index is 1160. The van der Waals surface area contributed by atoms with Gasteiger partial charge in [0.05, 0.1) is 12.3 Å². The second kappa shape index (κ2) is 10.6. The average molecular weight is 496 g/mol. The molecule has 3 rings (SSSR count). The number of carbonyl (C=O) groups is 2. The molecule has 178 valence electrons. The van der Waals surface area contributed by atoms with Crippen molar-refractivity contribution in [3.05, 3.63) is 56.9 Å². The van der Waals surface area contributed by atoms with Gasteiger partial charge in [0.25, 0.3) is 5.91 Å². The lowest BCUT2D eigenvalue weighted by molar-refractivity contribution is -0.118. The van der Waals surface area contributed by atoms with E-state index < -0.39 is 33.7 Å². The van der Waals surface area contributed by atoms with Crippen LogP contribution in [0.2, 0.25) is 0 Å². The average Bonchev–Trinajstić information content (AvgIpc) is 3.39. The first kappa shape index (κ1) is 25.0. The van der Waals surface area contributed by atoms with Crippen molar-refractivity contribution >= 4 is 44.9 Å². The molecule has 0 aliphatic carbocycles. The summed E-state index contributed by atoms with van der Waals surface area (Å²) in [6.07, 6.45) is 2.53. The molecule has 0 spiro atoms. The van der Waals surface area contributed by atoms with Crippen molar-refractivity contribution in [1.29, 1.82) is 0 Å². The zero-order chi connectivity index (χ0) is 24.2. The van der Waals surface area contributed by atoms with E-state index in [1.54, 1.807) is 0 Å². The second-order valence-electron chi connectivity index (χ2n) is 7.57. The highest BCUT2D eigenvalue weighted by Gasteiger charge is 2.36. The third-order valence-electron chi connectivity index (χ3n) is 5.22. The zero-order valence-electron chi connectivity index (χ0n) is 18.3. The van der Waals surface area contributed by atoms with Crippen LogP contribution in [0.15, 0.2) is 35.7 Å². The van der Waals surface area contributed by atoms with E-state index in [0.717, 1.165) is 27.6 Å². The smallest absolute Gasteiger partial charge is 0.253 e. The maximum Gasteiger partial charge on any atom is 0.253 e. The van der Waals surface area contributed by atoms with Crippen molar-refractivity contribution in [2.45, 2.75) is 25.8 Å². The fourth-order valence-electron chi connectivity index (χ4n) is 3.43. The van der Waals surface area contributed by atoms with E-state index in [4.69, 9.17) is 5.11 Å². The molecule has 33 heavy (non-hydrogen) atoms. The maximum atomic E-state index is 14.7. The predicted octanol–water partition coefficient (Wildman–Crippen LogP) is 2.21. The van der Waals surface area contributed by atoms with Gasteiger partial charge in [-0.25, -0.2) is 12.8 Å². The molecule has 2 aromatic rings. The summed E-state index contributed by atoms with van der Waals surface area (Å²) in [5.74, 6) is -1.79. The largest absolute Gasteiger partial charge is 0.395 e. The number of benzene rings is 1. The number of thiophene rings is 1. The second-order valence-corrected chi connectivity index (χ2v) is 10.4. The molecule has 1 aromatic carbocycles. The molecule has 2 amide bonds. The van der Waals surface area contributed by atoms with Crippen LogP contribution in [-0.2, 0) is 21.2 Å². The number of carbonyl (C=O) groups excluding carboxylic acids is 2. The van der Waals surface area contributed by atoms with Gasteiger partial charge in [-0.05, 0) is 49.2 Å². The molecule has 1 fully saturated rings. The summed E-state index contributed by atoms with van der Waals surface area (Å²) in [7, 11) is -2.39. The molecule has 0 radical (unpaired) electrons. The van der Waals surface area contributed by atoms with Gasteiger partial charge in [-0.1, -0.05) is 6.92 Å². The number of amides is 2. The Labute approximate surface area is 196 Å². The molecular formula is C22H26FN3O5S2. The third kappa shape index (κ3) is 6.05. The number of aliphatic hydroxyl groups excluding tert-OH is 1. The Morgan fingerprint density at radius 3 is 2.76 bits per heavy atom. The first-order valence-electron chi connectivity index (χ1n) is 10.4. The Balaban J connectivity index is 1.68. The molecule has 0 bridgehead atoms. The van der Waals surface area contributed by atoms with Crippen molar-refractivity contribution in [3.8, 4) is 0 Å². The van der Waals surface area contributed by atoms with Crippen molar-refractivity contribution in [2.24, 2.45) is 0 Å². The van der Waals surface area contributed by atoms with Crippen LogP contribution in [0.4, 0.5) is 10.1 Å². The van der Waals surface area contributed by atoms with Crippen LogP contribution in [-0.4, -0.2) is 63.0 Å². The van der Waals surface area contributed by atoms with E-state index in [1.807, 2.05) is 19.1 Å². The van der Waals surface area contributed by atoms with E-state index >= 15 is 0 Å². The van der Waals surface area contributed by atoms with E-state index in [9.17, 15) is 22.4 Å². The van der Waals surface area contributed by atoms with E-state index in [0.29, 0.717) is 0 Å². The number of likely N-dealkylation sites (N-methyl/N-ethyl adjacent to an activating group) is 1. The lowest BCUT2D eigenvalue weighted by Gasteiger charge is -2.19. The molecule has 11 heteroatoms. The van der Waals surface area contributed by atoms with Crippen LogP contribution in [0.5, 0.6) is 0 Å². The molecule has 2 heterocycles. The lowest BCUT2D eigenvalue weighted by Crippen LogP contribution is -2.41. The van der Waals surface area contributed by atoms with Crippen LogP contribution >= 0.6 is 11.3 Å². The number of anilines is 1. The first-order valence-corrected chi connectivity index (χ1v) is 12.8. The van der Waals surface area contributed by atoms with Crippen LogP contribution in [0, 0.1) is 5.82 Å². The number of rotatable bonds is 9. The number of hydrogen-bond donors (Lipinski definition) is 2. The minimum Gasteiger partial charge on any atom is -0.395 e. The highest BCUT2D eigenvalue weighted by molar-refractivity contribution is 7.92. The maximum absolute atomic E-state index is 14.7. The highest BCUT2D eigenvalue weighted by Crippen LogP contribution is 2.26. The standard InChI is InChI=1S/C22H26FN3O5S2/c1-3-16-5-6-17(32-16)9-13-33(30,31)24-19-8-10-26(22(19)29)20-7-4-15(14-18(20)23)21(28)25(2)11-12-27/h4-7,9,13-14,19,24,27H,3,8,10-12H2,1-2H3/b13-9+. The number of halogens is 1. The molecule has 1 aromatic heterocycles. The molecule has 1 unspecified atom stereocenters. The van der Waals surface area contributed by atoms with Gasteiger partial charge in [0.15, 0.2) is 0 Å². The van der Waals surface area contributed by atoms with Crippen LogP contribution in [0.3, 0.4) is 0 Å². The highest BCUT2D eigenvalue weighted by atomic mass is 32.2. The fraction of sp³-hybridized carbons (Fsp3) is 0.364. The zero-order valence-corrected chi connectivity index (χ0v) is 20.0. The fourth-order valence-corrected chi connectivity index (χ4v) is 5.39. The molecule has 1 aliphatic heterocycles. The van der Waals surface area contributed by atoms with Gasteiger partial charge in [-0.2, -0.15) is 4.72 Å². The molecule has 1 aliphatic rings. The number of nitrogens with zero attached hydrogens (tertiary/aromatic N) is 2. The first-order chi connectivity index (χ1) is 15.6. The monoisotopic (exact) mass is 495 g/mol. The summed E-state index contributed by atoms with van der Waals surface area (Å²) < 4.78 is 42.0. The van der Waals surface area contributed by atoms with Gasteiger partial charge in [-0.3, -0.25) is 9.59 Å². The number of sulfonamides is 1. The normalized spacial score (nSPS) is 16.7. The van der Waals surface area contributed by atoms with Gasteiger partial charge in [0, 0.05) is 40.9 Å². The lowest BCUT2D eigenvalue weighted by atomic mass is 10.1. The molecule has 2 N–H and O–H groups in total. The summed E-state index contributed by atoms with van der Waals surface area (Å²) in [5.41, 5.74) is 0.0605. The number of aliphatic hydroxyl groups is 1. The molecule has 8 nitrogen and oxygen atoms in total. The van der Waals surface area contributed by atoms with Crippen molar-refractivity contribution in [3.63, 3.8) is 0 Å². The van der Waals surface area contributed by atoms with Gasteiger partial charge in [0.1, 0.15) is 11.9 Å². The van der Waals surface area contributed by atoms with Crippen LogP contribution in [0.1, 0.15) is 33.5 Å².